The number of aromatic nitrogens is 2. The van der Waals surface area contributed by atoms with Gasteiger partial charge in [-0.3, -0.25) is 4.98 Å². The Morgan fingerprint density at radius 2 is 2.33 bits per heavy atom. The second kappa shape index (κ2) is 4.45. The maximum atomic E-state index is 4.10. The number of pyridine rings is 1. The van der Waals surface area contributed by atoms with Crippen LogP contribution >= 0.6 is 0 Å². The SMILES string of the molecule is CCN(C)CCc1c[nH]c2cnccc12. The smallest absolute Gasteiger partial charge is 0.0643 e. The van der Waals surface area contributed by atoms with E-state index in [1.54, 1.807) is 0 Å². The second-order valence-electron chi connectivity index (χ2n) is 3.88. The maximum Gasteiger partial charge on any atom is 0.0643 e. The summed E-state index contributed by atoms with van der Waals surface area (Å²) >= 11 is 0. The highest BCUT2D eigenvalue weighted by atomic mass is 15.1. The van der Waals surface area contributed by atoms with E-state index in [0.29, 0.717) is 0 Å². The molecule has 0 saturated carbocycles. The van der Waals surface area contributed by atoms with Crippen LogP contribution in [0.5, 0.6) is 0 Å². The molecule has 0 amide bonds. The van der Waals surface area contributed by atoms with Gasteiger partial charge in [-0.2, -0.15) is 0 Å². The molecule has 0 radical (unpaired) electrons. The zero-order valence-electron chi connectivity index (χ0n) is 9.33. The quantitative estimate of drug-likeness (QED) is 0.824. The van der Waals surface area contributed by atoms with E-state index in [1.807, 2.05) is 12.4 Å². The van der Waals surface area contributed by atoms with E-state index in [9.17, 15) is 0 Å². The van der Waals surface area contributed by atoms with Gasteiger partial charge in [-0.1, -0.05) is 6.92 Å². The molecule has 0 aliphatic rings. The van der Waals surface area contributed by atoms with Crippen molar-refractivity contribution >= 4 is 10.9 Å². The molecule has 0 aliphatic heterocycles. The fourth-order valence-corrected chi connectivity index (χ4v) is 1.71. The van der Waals surface area contributed by atoms with E-state index < -0.39 is 0 Å². The Bertz CT molecular complexity index is 433. The van der Waals surface area contributed by atoms with Crippen molar-refractivity contribution in [3.63, 3.8) is 0 Å². The average molecular weight is 203 g/mol. The first-order valence-corrected chi connectivity index (χ1v) is 5.39. The van der Waals surface area contributed by atoms with E-state index in [2.05, 4.69) is 41.1 Å². The molecule has 0 aliphatic carbocycles. The summed E-state index contributed by atoms with van der Waals surface area (Å²) in [6.45, 7) is 4.38. The summed E-state index contributed by atoms with van der Waals surface area (Å²) in [6, 6.07) is 2.08. The number of aromatic amines is 1. The van der Waals surface area contributed by atoms with Gasteiger partial charge in [0.2, 0.25) is 0 Å². The predicted molar refractivity (Wildman–Crippen MR) is 63.0 cm³/mol. The van der Waals surface area contributed by atoms with Crippen LogP contribution in [0.25, 0.3) is 10.9 Å². The molecule has 0 atom stereocenters. The number of nitrogens with one attached hydrogen (secondary N) is 1. The Hall–Kier alpha value is -1.35. The number of hydrogen-bond acceptors (Lipinski definition) is 2. The van der Waals surface area contributed by atoms with E-state index in [1.165, 1.54) is 10.9 Å². The molecule has 1 N–H and O–H groups in total. The molecule has 2 rings (SSSR count). The van der Waals surface area contributed by atoms with Gasteiger partial charge in [0.05, 0.1) is 11.7 Å². The third-order valence-corrected chi connectivity index (χ3v) is 2.87. The Labute approximate surface area is 90.1 Å². The third-order valence-electron chi connectivity index (χ3n) is 2.87. The van der Waals surface area contributed by atoms with Crippen LogP contribution in [0.3, 0.4) is 0 Å². The zero-order chi connectivity index (χ0) is 10.7. The van der Waals surface area contributed by atoms with Crippen molar-refractivity contribution in [2.45, 2.75) is 13.3 Å². The highest BCUT2D eigenvalue weighted by Gasteiger charge is 2.03. The second-order valence-corrected chi connectivity index (χ2v) is 3.88. The molecule has 80 valence electrons. The largest absolute Gasteiger partial charge is 0.360 e. The van der Waals surface area contributed by atoms with Crippen LogP contribution in [0.2, 0.25) is 0 Å². The number of fused-ring (bicyclic) bond motifs is 1. The van der Waals surface area contributed by atoms with Crippen molar-refractivity contribution in [1.29, 1.82) is 0 Å². The van der Waals surface area contributed by atoms with Crippen LogP contribution in [0.15, 0.2) is 24.7 Å². The fraction of sp³-hybridized carbons (Fsp3) is 0.417. The summed E-state index contributed by atoms with van der Waals surface area (Å²) < 4.78 is 0. The van der Waals surface area contributed by atoms with Gasteiger partial charge in [0.25, 0.3) is 0 Å². The summed E-state index contributed by atoms with van der Waals surface area (Å²) in [4.78, 5) is 9.66. The Morgan fingerprint density at radius 1 is 1.47 bits per heavy atom. The lowest BCUT2D eigenvalue weighted by molar-refractivity contribution is 0.358. The molecule has 3 heteroatoms. The molecule has 3 nitrogen and oxygen atoms in total. The lowest BCUT2D eigenvalue weighted by atomic mass is 10.1. The maximum absolute atomic E-state index is 4.10. The molecule has 0 aromatic carbocycles. The van der Waals surface area contributed by atoms with E-state index in [0.717, 1.165) is 25.0 Å². The van der Waals surface area contributed by atoms with E-state index in [4.69, 9.17) is 0 Å². The summed E-state index contributed by atoms with van der Waals surface area (Å²) in [7, 11) is 2.15. The van der Waals surface area contributed by atoms with Crippen LogP contribution in [0.4, 0.5) is 0 Å². The Kier molecular flexibility index (Phi) is 3.02. The minimum absolute atomic E-state index is 1.09. The van der Waals surface area contributed by atoms with E-state index in [-0.39, 0.29) is 0 Å². The first kappa shape index (κ1) is 10.2. The Balaban J connectivity index is 2.14. The molecule has 2 heterocycles. The fourth-order valence-electron chi connectivity index (χ4n) is 1.71. The van der Waals surface area contributed by atoms with Crippen LogP contribution in [-0.2, 0) is 6.42 Å². The lowest BCUT2D eigenvalue weighted by Gasteiger charge is -2.12. The van der Waals surface area contributed by atoms with Gasteiger partial charge >= 0.3 is 0 Å². The molecule has 2 aromatic heterocycles. The molecule has 0 saturated heterocycles. The number of nitrogens with zero attached hydrogens (tertiary/aromatic N) is 2. The van der Waals surface area contributed by atoms with Crippen LogP contribution in [-0.4, -0.2) is 35.0 Å². The standard InChI is InChI=1S/C12H17N3/c1-3-15(2)7-5-10-8-14-12-9-13-6-4-11(10)12/h4,6,8-9,14H,3,5,7H2,1-2H3. The van der Waals surface area contributed by atoms with Crippen molar-refractivity contribution in [3.05, 3.63) is 30.2 Å². The molecule has 2 aromatic rings. The third kappa shape index (κ3) is 2.18. The first-order valence-electron chi connectivity index (χ1n) is 5.39. The van der Waals surface area contributed by atoms with Crippen LogP contribution in [0.1, 0.15) is 12.5 Å². The van der Waals surface area contributed by atoms with E-state index >= 15 is 0 Å². The van der Waals surface area contributed by atoms with Crippen LogP contribution in [0, 0.1) is 0 Å². The molecule has 0 bridgehead atoms. The molecular weight excluding hydrogens is 186 g/mol. The minimum atomic E-state index is 1.09. The Morgan fingerprint density at radius 3 is 3.13 bits per heavy atom. The van der Waals surface area contributed by atoms with Gasteiger partial charge in [0, 0.05) is 24.3 Å². The molecular formula is C12H17N3. The topological polar surface area (TPSA) is 31.9 Å². The summed E-state index contributed by atoms with van der Waals surface area (Å²) in [5, 5.41) is 1.30. The highest BCUT2D eigenvalue weighted by molar-refractivity contribution is 5.82. The summed E-state index contributed by atoms with van der Waals surface area (Å²) in [6.07, 6.45) is 6.91. The number of H-pyrrole nitrogens is 1. The van der Waals surface area contributed by atoms with Gasteiger partial charge in [0.15, 0.2) is 0 Å². The first-order chi connectivity index (χ1) is 7.31. The highest BCUT2D eigenvalue weighted by Crippen LogP contribution is 2.16. The van der Waals surface area contributed by atoms with Gasteiger partial charge in [-0.25, -0.2) is 0 Å². The number of rotatable bonds is 4. The minimum Gasteiger partial charge on any atom is -0.360 e. The molecule has 0 unspecified atom stereocenters. The number of likely N-dealkylation sites (N-methyl/N-ethyl adjacent to an activating group) is 1. The van der Waals surface area contributed by atoms with Gasteiger partial charge < -0.3 is 9.88 Å². The molecule has 15 heavy (non-hydrogen) atoms. The average Bonchev–Trinajstić information content (AvgIpc) is 2.69. The van der Waals surface area contributed by atoms with Crippen molar-refractivity contribution in [2.75, 3.05) is 20.1 Å². The van der Waals surface area contributed by atoms with Crippen molar-refractivity contribution in [2.24, 2.45) is 0 Å². The van der Waals surface area contributed by atoms with Gasteiger partial charge in [-0.15, -0.1) is 0 Å². The monoisotopic (exact) mass is 203 g/mol. The number of hydrogen-bond donors (Lipinski definition) is 1. The molecule has 0 spiro atoms. The van der Waals surface area contributed by atoms with Gasteiger partial charge in [-0.05, 0) is 31.6 Å². The lowest BCUT2D eigenvalue weighted by Crippen LogP contribution is -2.20. The molecule has 0 fully saturated rings. The van der Waals surface area contributed by atoms with Crippen molar-refractivity contribution in [3.8, 4) is 0 Å². The van der Waals surface area contributed by atoms with Crippen LogP contribution < -0.4 is 0 Å². The summed E-state index contributed by atoms with van der Waals surface area (Å²) in [5.41, 5.74) is 2.51. The predicted octanol–water partition coefficient (Wildman–Crippen LogP) is 2.06. The van der Waals surface area contributed by atoms with Gasteiger partial charge in [0.1, 0.15) is 0 Å². The normalized spacial score (nSPS) is 11.4. The van der Waals surface area contributed by atoms with Crippen molar-refractivity contribution in [1.82, 2.24) is 14.9 Å². The summed E-state index contributed by atoms with van der Waals surface area (Å²) in [5.74, 6) is 0. The van der Waals surface area contributed by atoms with Crippen molar-refractivity contribution < 1.29 is 0 Å². The zero-order valence-corrected chi connectivity index (χ0v) is 9.33.